The number of aryl methyl sites for hydroxylation is 1. The van der Waals surface area contributed by atoms with Crippen molar-refractivity contribution in [3.05, 3.63) is 53.1 Å². The molecule has 0 heterocycles. The first-order chi connectivity index (χ1) is 8.56. The molecule has 0 bridgehead atoms. The van der Waals surface area contributed by atoms with Crippen LogP contribution in [0, 0.1) is 6.92 Å². The van der Waals surface area contributed by atoms with Gasteiger partial charge in [0, 0.05) is 17.6 Å². The molecule has 0 saturated heterocycles. The zero-order valence-corrected chi connectivity index (χ0v) is 11.1. The smallest absolute Gasteiger partial charge is 0.221 e. The van der Waals surface area contributed by atoms with Gasteiger partial charge in [-0.15, -0.1) is 0 Å². The van der Waals surface area contributed by atoms with Crippen LogP contribution in [-0.2, 0) is 4.79 Å². The molecule has 0 atom stereocenters. The molecule has 2 nitrogen and oxygen atoms in total. The van der Waals surface area contributed by atoms with Crippen LogP contribution < -0.4 is 5.32 Å². The Morgan fingerprint density at radius 2 is 1.78 bits per heavy atom. The Hall–Kier alpha value is -1.80. The van der Waals surface area contributed by atoms with Crippen LogP contribution in [0.1, 0.15) is 12.5 Å². The van der Waals surface area contributed by atoms with Gasteiger partial charge in [-0.25, -0.2) is 0 Å². The van der Waals surface area contributed by atoms with Gasteiger partial charge in [-0.1, -0.05) is 29.8 Å². The number of benzene rings is 2. The van der Waals surface area contributed by atoms with E-state index in [2.05, 4.69) is 5.32 Å². The molecule has 0 aliphatic rings. The summed E-state index contributed by atoms with van der Waals surface area (Å²) in [4.78, 5) is 11.0. The minimum atomic E-state index is -0.0614. The zero-order chi connectivity index (χ0) is 13.1. The number of carbonyl (C=O) groups excluding carboxylic acids is 1. The number of nitrogens with one attached hydrogen (secondary N) is 1. The summed E-state index contributed by atoms with van der Waals surface area (Å²) in [7, 11) is 0. The van der Waals surface area contributed by atoms with Gasteiger partial charge in [0.2, 0.25) is 5.91 Å². The summed E-state index contributed by atoms with van der Waals surface area (Å²) in [5.74, 6) is -0.0614. The quantitative estimate of drug-likeness (QED) is 0.857. The van der Waals surface area contributed by atoms with Gasteiger partial charge in [-0.05, 0) is 47.9 Å². The van der Waals surface area contributed by atoms with Crippen molar-refractivity contribution in [2.75, 3.05) is 5.32 Å². The molecule has 1 N–H and O–H groups in total. The Morgan fingerprint density at radius 1 is 1.11 bits per heavy atom. The van der Waals surface area contributed by atoms with Crippen LogP contribution >= 0.6 is 11.6 Å². The highest BCUT2D eigenvalue weighted by molar-refractivity contribution is 6.30. The molecule has 2 aromatic carbocycles. The van der Waals surface area contributed by atoms with Crippen molar-refractivity contribution in [3.8, 4) is 11.1 Å². The molecule has 0 aliphatic carbocycles. The first kappa shape index (κ1) is 12.7. The summed E-state index contributed by atoms with van der Waals surface area (Å²) in [6.45, 7) is 3.53. The fourth-order valence-electron chi connectivity index (χ4n) is 1.90. The maximum absolute atomic E-state index is 11.0. The van der Waals surface area contributed by atoms with Gasteiger partial charge in [0.05, 0.1) is 0 Å². The summed E-state index contributed by atoms with van der Waals surface area (Å²) >= 11 is 5.87. The van der Waals surface area contributed by atoms with Crippen LogP contribution in [0.4, 0.5) is 5.69 Å². The Labute approximate surface area is 112 Å². The fraction of sp³-hybridized carbons (Fsp3) is 0.133. The second-order valence-electron chi connectivity index (χ2n) is 4.22. The predicted octanol–water partition coefficient (Wildman–Crippen LogP) is 4.27. The van der Waals surface area contributed by atoms with E-state index in [0.717, 1.165) is 27.4 Å². The van der Waals surface area contributed by atoms with Gasteiger partial charge >= 0.3 is 0 Å². The summed E-state index contributed by atoms with van der Waals surface area (Å²) in [6.07, 6.45) is 0. The Kier molecular flexibility index (Phi) is 3.68. The van der Waals surface area contributed by atoms with Gasteiger partial charge in [0.1, 0.15) is 0 Å². The molecule has 3 heteroatoms. The normalized spacial score (nSPS) is 10.2. The lowest BCUT2D eigenvalue weighted by atomic mass is 10.00. The topological polar surface area (TPSA) is 29.1 Å². The Balaban J connectivity index is 2.35. The monoisotopic (exact) mass is 259 g/mol. The molecule has 0 radical (unpaired) electrons. The van der Waals surface area contributed by atoms with E-state index in [1.165, 1.54) is 6.92 Å². The molecule has 1 amide bonds. The molecule has 2 aromatic rings. The second-order valence-corrected chi connectivity index (χ2v) is 4.65. The second kappa shape index (κ2) is 5.23. The van der Waals surface area contributed by atoms with Gasteiger partial charge in [0.25, 0.3) is 0 Å². The highest BCUT2D eigenvalue weighted by Gasteiger charge is 2.03. The third kappa shape index (κ3) is 2.90. The Bertz CT molecular complexity index is 576. The van der Waals surface area contributed by atoms with Crippen molar-refractivity contribution in [2.24, 2.45) is 0 Å². The van der Waals surface area contributed by atoms with Crippen LogP contribution in [0.5, 0.6) is 0 Å². The summed E-state index contributed by atoms with van der Waals surface area (Å²) < 4.78 is 0. The van der Waals surface area contributed by atoms with Crippen molar-refractivity contribution in [1.82, 2.24) is 0 Å². The Morgan fingerprint density at radius 3 is 2.33 bits per heavy atom. The maximum Gasteiger partial charge on any atom is 0.221 e. The van der Waals surface area contributed by atoms with Crippen molar-refractivity contribution in [2.45, 2.75) is 13.8 Å². The molecule has 0 fully saturated rings. The van der Waals surface area contributed by atoms with Crippen LogP contribution in [-0.4, -0.2) is 5.91 Å². The van der Waals surface area contributed by atoms with Crippen LogP contribution in [0.25, 0.3) is 11.1 Å². The van der Waals surface area contributed by atoms with E-state index in [9.17, 15) is 4.79 Å². The SMILES string of the molecule is CC(=O)Nc1ccc(-c2ccc(Cl)cc2)c(C)c1. The average molecular weight is 260 g/mol. The molecule has 2 rings (SSSR count). The lowest BCUT2D eigenvalue weighted by molar-refractivity contribution is -0.114. The predicted molar refractivity (Wildman–Crippen MR) is 75.9 cm³/mol. The standard InChI is InChI=1S/C15H14ClNO/c1-10-9-14(17-11(2)18)7-8-15(10)12-3-5-13(16)6-4-12/h3-9H,1-2H3,(H,17,18). The number of halogens is 1. The summed E-state index contributed by atoms with van der Waals surface area (Å²) in [5.41, 5.74) is 4.19. The van der Waals surface area contributed by atoms with E-state index in [1.807, 2.05) is 49.4 Å². The molecule has 0 spiro atoms. The minimum Gasteiger partial charge on any atom is -0.326 e. The van der Waals surface area contributed by atoms with Crippen LogP contribution in [0.3, 0.4) is 0 Å². The lowest BCUT2D eigenvalue weighted by Gasteiger charge is -2.09. The highest BCUT2D eigenvalue weighted by Crippen LogP contribution is 2.27. The van der Waals surface area contributed by atoms with E-state index in [0.29, 0.717) is 0 Å². The molecule has 0 aromatic heterocycles. The number of carbonyl (C=O) groups is 1. The van der Waals surface area contributed by atoms with E-state index >= 15 is 0 Å². The van der Waals surface area contributed by atoms with E-state index < -0.39 is 0 Å². The van der Waals surface area contributed by atoms with Gasteiger partial charge in [0.15, 0.2) is 0 Å². The van der Waals surface area contributed by atoms with Gasteiger partial charge < -0.3 is 5.32 Å². The molecule has 18 heavy (non-hydrogen) atoms. The minimum absolute atomic E-state index is 0.0614. The molecular formula is C15H14ClNO. The van der Waals surface area contributed by atoms with Crippen molar-refractivity contribution in [3.63, 3.8) is 0 Å². The largest absolute Gasteiger partial charge is 0.326 e. The molecular weight excluding hydrogens is 246 g/mol. The average Bonchev–Trinajstić information content (AvgIpc) is 2.30. The highest BCUT2D eigenvalue weighted by atomic mass is 35.5. The number of hydrogen-bond donors (Lipinski definition) is 1. The molecule has 92 valence electrons. The summed E-state index contributed by atoms with van der Waals surface area (Å²) in [5, 5.41) is 3.50. The van der Waals surface area contributed by atoms with Gasteiger partial charge in [-0.2, -0.15) is 0 Å². The number of hydrogen-bond acceptors (Lipinski definition) is 1. The first-order valence-corrected chi connectivity index (χ1v) is 6.08. The van der Waals surface area contributed by atoms with E-state index in [4.69, 9.17) is 11.6 Å². The molecule has 0 aliphatic heterocycles. The fourth-order valence-corrected chi connectivity index (χ4v) is 2.02. The van der Waals surface area contributed by atoms with Crippen molar-refractivity contribution in [1.29, 1.82) is 0 Å². The summed E-state index contributed by atoms with van der Waals surface area (Å²) in [6, 6.07) is 13.6. The number of rotatable bonds is 2. The third-order valence-electron chi connectivity index (χ3n) is 2.70. The van der Waals surface area contributed by atoms with Crippen molar-refractivity contribution < 1.29 is 4.79 Å². The van der Waals surface area contributed by atoms with Gasteiger partial charge in [-0.3, -0.25) is 4.79 Å². The van der Waals surface area contributed by atoms with Crippen LogP contribution in [0.2, 0.25) is 5.02 Å². The zero-order valence-electron chi connectivity index (χ0n) is 10.3. The first-order valence-electron chi connectivity index (χ1n) is 5.70. The third-order valence-corrected chi connectivity index (χ3v) is 2.95. The van der Waals surface area contributed by atoms with E-state index in [1.54, 1.807) is 0 Å². The van der Waals surface area contributed by atoms with Crippen molar-refractivity contribution >= 4 is 23.2 Å². The molecule has 0 saturated carbocycles. The molecule has 0 unspecified atom stereocenters. The lowest BCUT2D eigenvalue weighted by Crippen LogP contribution is -2.05. The van der Waals surface area contributed by atoms with Crippen LogP contribution in [0.15, 0.2) is 42.5 Å². The maximum atomic E-state index is 11.0. The number of anilines is 1. The van der Waals surface area contributed by atoms with E-state index in [-0.39, 0.29) is 5.91 Å². The number of amides is 1.